The van der Waals surface area contributed by atoms with Gasteiger partial charge in [0.2, 0.25) is 0 Å². The fourth-order valence-corrected chi connectivity index (χ4v) is 3.03. The van der Waals surface area contributed by atoms with Crippen LogP contribution in [0, 0.1) is 5.82 Å². The largest absolute Gasteiger partial charge is 0.332 e. The molecular weight excluding hydrogens is 373 g/mol. The maximum absolute atomic E-state index is 14.0. The number of rotatable bonds is 6. The molecule has 29 heavy (non-hydrogen) atoms. The molecule has 1 amide bonds. The van der Waals surface area contributed by atoms with Crippen molar-refractivity contribution in [3.8, 4) is 0 Å². The van der Waals surface area contributed by atoms with Crippen molar-refractivity contribution in [2.24, 2.45) is 0 Å². The van der Waals surface area contributed by atoms with Crippen molar-refractivity contribution < 1.29 is 9.18 Å². The molecule has 0 unspecified atom stereocenters. The van der Waals surface area contributed by atoms with Crippen molar-refractivity contribution in [1.29, 1.82) is 0 Å². The van der Waals surface area contributed by atoms with Crippen molar-refractivity contribution in [1.82, 2.24) is 14.5 Å². The molecule has 1 heterocycles. The second kappa shape index (κ2) is 8.68. The summed E-state index contributed by atoms with van der Waals surface area (Å²) in [6.45, 7) is 3.76. The minimum absolute atomic E-state index is 0.162. The van der Waals surface area contributed by atoms with E-state index >= 15 is 0 Å². The lowest BCUT2D eigenvalue weighted by Gasteiger charge is -2.26. The van der Waals surface area contributed by atoms with E-state index in [9.17, 15) is 18.8 Å². The quantitative estimate of drug-likeness (QED) is 0.697. The summed E-state index contributed by atoms with van der Waals surface area (Å²) >= 11 is 0. The Kier molecular flexibility index (Phi) is 6.07. The Morgan fingerprint density at radius 1 is 1.07 bits per heavy atom. The molecule has 1 aromatic heterocycles. The zero-order valence-corrected chi connectivity index (χ0v) is 16.3. The molecule has 0 atom stereocenters. The lowest BCUT2D eigenvalue weighted by molar-refractivity contribution is 0.0687. The van der Waals surface area contributed by atoms with Gasteiger partial charge in [-0.1, -0.05) is 48.5 Å². The highest BCUT2D eigenvalue weighted by molar-refractivity contribution is 5.93. The number of benzene rings is 2. The zero-order chi connectivity index (χ0) is 21.0. The van der Waals surface area contributed by atoms with Crippen LogP contribution in [-0.2, 0) is 13.1 Å². The molecule has 0 aliphatic rings. The number of nitrogens with one attached hydrogen (secondary N) is 1. The molecule has 0 saturated carbocycles. The topological polar surface area (TPSA) is 75.2 Å². The third-order valence-electron chi connectivity index (χ3n) is 4.66. The van der Waals surface area contributed by atoms with Gasteiger partial charge < -0.3 is 9.88 Å². The number of nitrogens with zero attached hydrogens (tertiary/aromatic N) is 2. The summed E-state index contributed by atoms with van der Waals surface area (Å²) in [5.74, 6) is -1.02. The third-order valence-corrected chi connectivity index (χ3v) is 4.66. The highest BCUT2D eigenvalue weighted by Gasteiger charge is 2.23. The first-order chi connectivity index (χ1) is 13.9. The van der Waals surface area contributed by atoms with Crippen LogP contribution in [0.3, 0.4) is 0 Å². The summed E-state index contributed by atoms with van der Waals surface area (Å²) < 4.78 is 14.8. The number of aromatic amines is 1. The lowest BCUT2D eigenvalue weighted by atomic mass is 10.1. The van der Waals surface area contributed by atoms with E-state index in [1.54, 1.807) is 11.0 Å². The first-order valence-corrected chi connectivity index (χ1v) is 9.29. The minimum atomic E-state index is -0.749. The van der Waals surface area contributed by atoms with E-state index in [4.69, 9.17) is 0 Å². The highest BCUT2D eigenvalue weighted by atomic mass is 19.1. The summed E-state index contributed by atoms with van der Waals surface area (Å²) in [5, 5.41) is 0. The number of carbonyl (C=O) groups is 1. The SMILES string of the molecule is CC(C)N(Cc1ccccc1)C(=O)c1c[nH]c(=O)n(Cc2ccccc2F)c1=O. The number of hydrogen-bond donors (Lipinski definition) is 1. The van der Waals surface area contributed by atoms with E-state index in [1.165, 1.54) is 18.2 Å². The zero-order valence-electron chi connectivity index (χ0n) is 16.3. The van der Waals surface area contributed by atoms with Crippen LogP contribution in [0.4, 0.5) is 4.39 Å². The first kappa shape index (κ1) is 20.3. The smallest absolute Gasteiger partial charge is 0.328 e. The van der Waals surface area contributed by atoms with E-state index in [-0.39, 0.29) is 23.7 Å². The van der Waals surface area contributed by atoms with Gasteiger partial charge in [-0.2, -0.15) is 0 Å². The first-order valence-electron chi connectivity index (χ1n) is 9.29. The average molecular weight is 395 g/mol. The van der Waals surface area contributed by atoms with Gasteiger partial charge in [0.15, 0.2) is 0 Å². The van der Waals surface area contributed by atoms with E-state index in [1.807, 2.05) is 44.2 Å². The maximum atomic E-state index is 14.0. The summed E-state index contributed by atoms with van der Waals surface area (Å²) in [7, 11) is 0. The number of amides is 1. The van der Waals surface area contributed by atoms with Crippen LogP contribution in [-0.4, -0.2) is 26.4 Å². The maximum Gasteiger partial charge on any atom is 0.328 e. The molecule has 3 rings (SSSR count). The molecular formula is C22H22FN3O3. The van der Waals surface area contributed by atoms with Gasteiger partial charge in [-0.25, -0.2) is 9.18 Å². The normalized spacial score (nSPS) is 10.9. The molecule has 0 aliphatic carbocycles. The molecule has 0 radical (unpaired) electrons. The van der Waals surface area contributed by atoms with Gasteiger partial charge in [0, 0.05) is 24.3 Å². The summed E-state index contributed by atoms with van der Waals surface area (Å²) in [6, 6.07) is 15.1. The van der Waals surface area contributed by atoms with Crippen LogP contribution >= 0.6 is 0 Å². The second-order valence-electron chi connectivity index (χ2n) is 7.00. The van der Waals surface area contributed by atoms with Crippen LogP contribution in [0.25, 0.3) is 0 Å². The van der Waals surface area contributed by atoms with Crippen molar-refractivity contribution in [3.05, 3.63) is 104 Å². The van der Waals surface area contributed by atoms with Gasteiger partial charge in [0.25, 0.3) is 11.5 Å². The van der Waals surface area contributed by atoms with Crippen molar-refractivity contribution in [2.45, 2.75) is 33.0 Å². The molecule has 6 nitrogen and oxygen atoms in total. The molecule has 0 saturated heterocycles. The average Bonchev–Trinajstić information content (AvgIpc) is 2.71. The van der Waals surface area contributed by atoms with Crippen LogP contribution in [0.5, 0.6) is 0 Å². The van der Waals surface area contributed by atoms with Gasteiger partial charge in [0.05, 0.1) is 6.54 Å². The number of halogens is 1. The molecule has 1 N–H and O–H groups in total. The lowest BCUT2D eigenvalue weighted by Crippen LogP contribution is -2.44. The fraction of sp³-hybridized carbons (Fsp3) is 0.227. The minimum Gasteiger partial charge on any atom is -0.332 e. The standard InChI is InChI=1S/C22H22FN3O3/c1-15(2)25(13-16-8-4-3-5-9-16)20(27)18-12-24-22(29)26(21(18)28)14-17-10-6-7-11-19(17)23/h3-12,15H,13-14H2,1-2H3,(H,24,29). The highest BCUT2D eigenvalue weighted by Crippen LogP contribution is 2.12. The van der Waals surface area contributed by atoms with Crippen molar-refractivity contribution in [2.75, 3.05) is 0 Å². The van der Waals surface area contributed by atoms with Gasteiger partial charge in [-0.05, 0) is 25.5 Å². The Labute approximate surface area is 167 Å². The Morgan fingerprint density at radius 3 is 2.38 bits per heavy atom. The Balaban J connectivity index is 1.97. The molecule has 150 valence electrons. The second-order valence-corrected chi connectivity index (χ2v) is 7.00. The molecule has 0 spiro atoms. The predicted octanol–water partition coefficient (Wildman–Crippen LogP) is 2.77. The number of hydrogen-bond acceptors (Lipinski definition) is 3. The Hall–Kier alpha value is -3.48. The van der Waals surface area contributed by atoms with E-state index in [0.29, 0.717) is 6.54 Å². The number of carbonyl (C=O) groups excluding carboxylic acids is 1. The van der Waals surface area contributed by atoms with Crippen LogP contribution in [0.15, 0.2) is 70.4 Å². The van der Waals surface area contributed by atoms with Gasteiger partial charge in [0.1, 0.15) is 11.4 Å². The summed E-state index contributed by atoms with van der Waals surface area (Å²) in [6.07, 6.45) is 1.13. The third kappa shape index (κ3) is 4.51. The van der Waals surface area contributed by atoms with Gasteiger partial charge in [-0.15, -0.1) is 0 Å². The summed E-state index contributed by atoms with van der Waals surface area (Å²) in [4.78, 5) is 42.2. The monoisotopic (exact) mass is 395 g/mol. The fourth-order valence-electron chi connectivity index (χ4n) is 3.03. The Morgan fingerprint density at radius 2 is 1.72 bits per heavy atom. The van der Waals surface area contributed by atoms with E-state index in [0.717, 1.165) is 16.3 Å². The van der Waals surface area contributed by atoms with Gasteiger partial charge >= 0.3 is 5.69 Å². The molecule has 7 heteroatoms. The Bertz CT molecular complexity index is 1120. The van der Waals surface area contributed by atoms with Crippen LogP contribution in [0.2, 0.25) is 0 Å². The number of H-pyrrole nitrogens is 1. The van der Waals surface area contributed by atoms with Gasteiger partial charge in [-0.3, -0.25) is 14.2 Å². The van der Waals surface area contributed by atoms with Crippen molar-refractivity contribution in [3.63, 3.8) is 0 Å². The number of aromatic nitrogens is 2. The van der Waals surface area contributed by atoms with Crippen LogP contribution < -0.4 is 11.2 Å². The predicted molar refractivity (Wildman–Crippen MR) is 108 cm³/mol. The van der Waals surface area contributed by atoms with Crippen molar-refractivity contribution >= 4 is 5.91 Å². The summed E-state index contributed by atoms with van der Waals surface area (Å²) in [5.41, 5.74) is -0.499. The van der Waals surface area contributed by atoms with Crippen LogP contribution in [0.1, 0.15) is 35.3 Å². The molecule has 0 bridgehead atoms. The molecule has 0 aliphatic heterocycles. The molecule has 3 aromatic rings. The molecule has 0 fully saturated rings. The van der Waals surface area contributed by atoms with E-state index < -0.39 is 23.0 Å². The van der Waals surface area contributed by atoms with E-state index in [2.05, 4.69) is 4.98 Å². The molecule has 2 aromatic carbocycles.